The van der Waals surface area contributed by atoms with E-state index in [0.717, 1.165) is 13.1 Å². The van der Waals surface area contributed by atoms with Crippen molar-refractivity contribution in [2.24, 2.45) is 0 Å². The Labute approximate surface area is 108 Å². The van der Waals surface area contributed by atoms with Crippen LogP contribution in [0.4, 0.5) is 0 Å². The third kappa shape index (κ3) is 4.75. The number of rotatable bonds is 6. The maximum absolute atomic E-state index is 3.54. The summed E-state index contributed by atoms with van der Waals surface area (Å²) in [6.45, 7) is 2.08. The van der Waals surface area contributed by atoms with Crippen LogP contribution < -0.4 is 5.32 Å². The van der Waals surface area contributed by atoms with Crippen molar-refractivity contribution in [1.82, 2.24) is 5.32 Å². The molecule has 1 rings (SSSR count). The summed E-state index contributed by atoms with van der Waals surface area (Å²) < 4.78 is 2.45. The highest BCUT2D eigenvalue weighted by molar-refractivity contribution is 14.1. The van der Waals surface area contributed by atoms with Gasteiger partial charge in [0.05, 0.1) is 0 Å². The highest BCUT2D eigenvalue weighted by Crippen LogP contribution is 2.15. The molecule has 0 aliphatic heterocycles. The normalized spacial score (nSPS) is 10.4. The minimum absolute atomic E-state index is 0.961. The van der Waals surface area contributed by atoms with Gasteiger partial charge in [-0.25, -0.2) is 0 Å². The molecule has 0 spiro atoms. The van der Waals surface area contributed by atoms with Gasteiger partial charge in [0.25, 0.3) is 0 Å². The molecule has 0 bridgehead atoms. The van der Waals surface area contributed by atoms with E-state index in [1.54, 1.807) is 0 Å². The van der Waals surface area contributed by atoms with Crippen molar-refractivity contribution in [1.29, 1.82) is 0 Å². The van der Waals surface area contributed by atoms with Crippen LogP contribution in [0.1, 0.15) is 18.4 Å². The van der Waals surface area contributed by atoms with E-state index in [4.69, 9.17) is 0 Å². The van der Waals surface area contributed by atoms with Gasteiger partial charge in [-0.05, 0) is 35.4 Å². The SMILES string of the molecule is Brc1ccccc1CNCCCCI. The molecule has 14 heavy (non-hydrogen) atoms. The lowest BCUT2D eigenvalue weighted by molar-refractivity contribution is 0.644. The summed E-state index contributed by atoms with van der Waals surface area (Å²) in [6.07, 6.45) is 2.58. The van der Waals surface area contributed by atoms with Gasteiger partial charge in [-0.1, -0.05) is 56.7 Å². The smallest absolute Gasteiger partial charge is 0.0220 e. The Morgan fingerprint density at radius 2 is 2.00 bits per heavy atom. The zero-order valence-electron chi connectivity index (χ0n) is 8.10. The molecule has 1 aromatic rings. The van der Waals surface area contributed by atoms with E-state index in [1.165, 1.54) is 27.3 Å². The summed E-state index contributed by atoms with van der Waals surface area (Å²) in [5, 5.41) is 3.44. The van der Waals surface area contributed by atoms with Crippen molar-refractivity contribution < 1.29 is 0 Å². The average Bonchev–Trinajstić information content (AvgIpc) is 2.20. The second-order valence-corrected chi connectivity index (χ2v) is 5.10. The van der Waals surface area contributed by atoms with Gasteiger partial charge in [0.2, 0.25) is 0 Å². The summed E-state index contributed by atoms with van der Waals surface area (Å²) in [7, 11) is 0. The number of benzene rings is 1. The highest BCUT2D eigenvalue weighted by atomic mass is 127. The van der Waals surface area contributed by atoms with Crippen molar-refractivity contribution in [2.45, 2.75) is 19.4 Å². The van der Waals surface area contributed by atoms with Crippen LogP contribution in [0.25, 0.3) is 0 Å². The summed E-state index contributed by atoms with van der Waals surface area (Å²) in [4.78, 5) is 0. The Morgan fingerprint density at radius 1 is 1.21 bits per heavy atom. The van der Waals surface area contributed by atoms with Crippen LogP contribution in [0.5, 0.6) is 0 Å². The summed E-state index contributed by atoms with van der Waals surface area (Å²) in [6, 6.07) is 8.35. The molecule has 0 radical (unpaired) electrons. The standard InChI is InChI=1S/C11H15BrIN/c12-11-6-2-1-5-10(11)9-14-8-4-3-7-13/h1-2,5-6,14H,3-4,7-9H2. The molecule has 0 aromatic heterocycles. The second kappa shape index (κ2) is 7.65. The van der Waals surface area contributed by atoms with Gasteiger partial charge < -0.3 is 5.32 Å². The van der Waals surface area contributed by atoms with Gasteiger partial charge in [-0.3, -0.25) is 0 Å². The molecule has 0 aliphatic carbocycles. The number of hydrogen-bond acceptors (Lipinski definition) is 1. The lowest BCUT2D eigenvalue weighted by Crippen LogP contribution is -2.14. The molecule has 0 unspecified atom stereocenters. The van der Waals surface area contributed by atoms with Crippen LogP contribution in [-0.4, -0.2) is 11.0 Å². The molecule has 0 amide bonds. The fourth-order valence-corrected chi connectivity index (χ4v) is 2.17. The molecule has 1 aromatic carbocycles. The topological polar surface area (TPSA) is 12.0 Å². The number of alkyl halides is 1. The fourth-order valence-electron chi connectivity index (χ4n) is 1.21. The monoisotopic (exact) mass is 367 g/mol. The van der Waals surface area contributed by atoms with E-state index < -0.39 is 0 Å². The van der Waals surface area contributed by atoms with Gasteiger partial charge in [-0.15, -0.1) is 0 Å². The van der Waals surface area contributed by atoms with Crippen molar-refractivity contribution in [3.05, 3.63) is 34.3 Å². The Kier molecular flexibility index (Phi) is 6.81. The maximum Gasteiger partial charge on any atom is 0.0220 e. The minimum Gasteiger partial charge on any atom is -0.313 e. The second-order valence-electron chi connectivity index (χ2n) is 3.16. The number of nitrogens with one attached hydrogen (secondary N) is 1. The third-order valence-electron chi connectivity index (χ3n) is 2.01. The highest BCUT2D eigenvalue weighted by Gasteiger charge is 1.96. The van der Waals surface area contributed by atoms with Crippen LogP contribution >= 0.6 is 38.5 Å². The van der Waals surface area contributed by atoms with Gasteiger partial charge in [0.1, 0.15) is 0 Å². The summed E-state index contributed by atoms with van der Waals surface area (Å²) in [5.74, 6) is 0. The van der Waals surface area contributed by atoms with E-state index in [2.05, 4.69) is 62.0 Å². The molecule has 0 aliphatic rings. The number of unbranched alkanes of at least 4 members (excludes halogenated alkanes) is 1. The number of halogens is 2. The predicted molar refractivity (Wildman–Crippen MR) is 74.0 cm³/mol. The average molecular weight is 368 g/mol. The third-order valence-corrected chi connectivity index (χ3v) is 3.55. The van der Waals surface area contributed by atoms with Crippen LogP contribution in [-0.2, 0) is 6.54 Å². The Morgan fingerprint density at radius 3 is 2.71 bits per heavy atom. The first kappa shape index (κ1) is 12.5. The molecule has 78 valence electrons. The molecule has 3 heteroatoms. The molecular weight excluding hydrogens is 353 g/mol. The molecular formula is C11H15BrIN. The van der Waals surface area contributed by atoms with Gasteiger partial charge >= 0.3 is 0 Å². The Balaban J connectivity index is 2.21. The quantitative estimate of drug-likeness (QED) is 0.458. The van der Waals surface area contributed by atoms with Crippen molar-refractivity contribution >= 4 is 38.5 Å². The Hall–Kier alpha value is 0.390. The Bertz CT molecular complexity index is 265. The lowest BCUT2D eigenvalue weighted by atomic mass is 10.2. The van der Waals surface area contributed by atoms with Crippen molar-refractivity contribution in [2.75, 3.05) is 11.0 Å². The largest absolute Gasteiger partial charge is 0.313 e. The molecule has 0 fully saturated rings. The molecule has 0 atom stereocenters. The minimum atomic E-state index is 0.961. The molecule has 1 N–H and O–H groups in total. The van der Waals surface area contributed by atoms with Crippen molar-refractivity contribution in [3.63, 3.8) is 0 Å². The first-order chi connectivity index (χ1) is 6.84. The van der Waals surface area contributed by atoms with E-state index in [0.29, 0.717) is 0 Å². The van der Waals surface area contributed by atoms with E-state index in [9.17, 15) is 0 Å². The zero-order chi connectivity index (χ0) is 10.2. The van der Waals surface area contributed by atoms with Crippen LogP contribution in [0.3, 0.4) is 0 Å². The lowest BCUT2D eigenvalue weighted by Gasteiger charge is -2.05. The van der Waals surface area contributed by atoms with E-state index in [-0.39, 0.29) is 0 Å². The van der Waals surface area contributed by atoms with Crippen LogP contribution in [0, 0.1) is 0 Å². The molecule has 0 saturated carbocycles. The molecule has 1 nitrogen and oxygen atoms in total. The fraction of sp³-hybridized carbons (Fsp3) is 0.455. The van der Waals surface area contributed by atoms with Crippen LogP contribution in [0.15, 0.2) is 28.7 Å². The first-order valence-corrected chi connectivity index (χ1v) is 7.16. The van der Waals surface area contributed by atoms with E-state index >= 15 is 0 Å². The van der Waals surface area contributed by atoms with Gasteiger partial charge in [0.15, 0.2) is 0 Å². The number of hydrogen-bond donors (Lipinski definition) is 1. The first-order valence-electron chi connectivity index (χ1n) is 4.84. The van der Waals surface area contributed by atoms with Gasteiger partial charge in [-0.2, -0.15) is 0 Å². The maximum atomic E-state index is 3.54. The zero-order valence-corrected chi connectivity index (χ0v) is 11.8. The van der Waals surface area contributed by atoms with E-state index in [1.807, 2.05) is 6.07 Å². The van der Waals surface area contributed by atoms with Crippen molar-refractivity contribution in [3.8, 4) is 0 Å². The summed E-state index contributed by atoms with van der Waals surface area (Å²) in [5.41, 5.74) is 1.34. The molecule has 0 heterocycles. The van der Waals surface area contributed by atoms with Gasteiger partial charge in [0, 0.05) is 11.0 Å². The van der Waals surface area contributed by atoms with Crippen LogP contribution in [0.2, 0.25) is 0 Å². The molecule has 0 saturated heterocycles. The predicted octanol–water partition coefficient (Wildman–Crippen LogP) is 3.75. The summed E-state index contributed by atoms with van der Waals surface area (Å²) >= 11 is 5.96.